The number of hydrogen-bond acceptors (Lipinski definition) is 3. The largest absolute Gasteiger partial charge is 0.391 e. The minimum absolute atomic E-state index is 0.0996. The van der Waals surface area contributed by atoms with Crippen molar-refractivity contribution in [1.29, 1.82) is 0 Å². The molecule has 1 aromatic rings. The smallest absolute Gasteiger partial charge is 0.0724 e. The second-order valence-corrected chi connectivity index (χ2v) is 5.41. The Balaban J connectivity index is 2.71. The maximum atomic E-state index is 9.66. The van der Waals surface area contributed by atoms with Gasteiger partial charge in [-0.25, -0.2) is 0 Å². The van der Waals surface area contributed by atoms with Gasteiger partial charge in [0.05, 0.1) is 6.10 Å². The minimum Gasteiger partial charge on any atom is -0.391 e. The van der Waals surface area contributed by atoms with Crippen LogP contribution in [0, 0.1) is 0 Å². The highest BCUT2D eigenvalue weighted by molar-refractivity contribution is 5.54. The van der Waals surface area contributed by atoms with Gasteiger partial charge in [-0.3, -0.25) is 0 Å². The number of aliphatic hydroxyl groups excluding tert-OH is 1. The zero-order chi connectivity index (χ0) is 12.9. The number of aliphatic hydroxyl groups is 1. The number of nitrogens with two attached hydrogens (primary N) is 1. The summed E-state index contributed by atoms with van der Waals surface area (Å²) in [6, 6.07) is 8.22. The molecule has 3 nitrogen and oxygen atoms in total. The van der Waals surface area contributed by atoms with E-state index in [9.17, 15) is 5.11 Å². The Hall–Kier alpha value is -1.06. The van der Waals surface area contributed by atoms with Gasteiger partial charge >= 0.3 is 0 Å². The zero-order valence-electron chi connectivity index (χ0n) is 11.0. The van der Waals surface area contributed by atoms with Crippen LogP contribution >= 0.6 is 0 Å². The average molecular weight is 236 g/mol. The van der Waals surface area contributed by atoms with Crippen molar-refractivity contribution >= 4 is 5.69 Å². The first kappa shape index (κ1) is 14.0. The van der Waals surface area contributed by atoms with Gasteiger partial charge in [0.15, 0.2) is 0 Å². The molecule has 0 aliphatic heterocycles. The first-order chi connectivity index (χ1) is 7.95. The molecule has 0 saturated carbocycles. The molecular formula is C14H24N2O. The molecule has 0 saturated heterocycles. The van der Waals surface area contributed by atoms with Crippen LogP contribution in [0.4, 0.5) is 5.69 Å². The summed E-state index contributed by atoms with van der Waals surface area (Å²) >= 11 is 0. The van der Waals surface area contributed by atoms with E-state index >= 15 is 0 Å². The highest BCUT2D eigenvalue weighted by Gasteiger charge is 2.17. The molecule has 0 aliphatic rings. The highest BCUT2D eigenvalue weighted by atomic mass is 16.3. The van der Waals surface area contributed by atoms with Crippen molar-refractivity contribution in [2.75, 3.05) is 18.4 Å². The molecule has 0 radical (unpaired) electrons. The number of anilines is 1. The number of benzene rings is 1. The summed E-state index contributed by atoms with van der Waals surface area (Å²) in [6.45, 7) is 7.62. The molecule has 1 atom stereocenters. The fourth-order valence-electron chi connectivity index (χ4n) is 1.81. The van der Waals surface area contributed by atoms with E-state index in [-0.39, 0.29) is 11.5 Å². The molecular weight excluding hydrogens is 212 g/mol. The van der Waals surface area contributed by atoms with E-state index in [1.165, 1.54) is 5.56 Å². The Kier molecular flexibility index (Phi) is 4.97. The fraction of sp³-hybridized carbons (Fsp3) is 0.571. The van der Waals surface area contributed by atoms with Crippen LogP contribution in [0.15, 0.2) is 24.3 Å². The highest BCUT2D eigenvalue weighted by Crippen LogP contribution is 2.29. The van der Waals surface area contributed by atoms with E-state index in [1.807, 2.05) is 12.1 Å². The maximum absolute atomic E-state index is 9.66. The summed E-state index contributed by atoms with van der Waals surface area (Å²) in [5.41, 5.74) is 7.87. The normalized spacial score (nSPS) is 13.5. The number of rotatable bonds is 5. The topological polar surface area (TPSA) is 58.3 Å². The van der Waals surface area contributed by atoms with Crippen LogP contribution in [0.25, 0.3) is 0 Å². The quantitative estimate of drug-likeness (QED) is 0.734. The Labute approximate surface area is 104 Å². The van der Waals surface area contributed by atoms with E-state index in [2.05, 4.69) is 38.2 Å². The SMILES string of the molecule is CC(C)(C)c1ccccc1NCC(O)CCN. The van der Waals surface area contributed by atoms with E-state index in [4.69, 9.17) is 5.73 Å². The molecule has 0 fully saturated rings. The van der Waals surface area contributed by atoms with Gasteiger partial charge in [0.1, 0.15) is 0 Å². The van der Waals surface area contributed by atoms with Crippen molar-refractivity contribution < 1.29 is 5.11 Å². The molecule has 0 aliphatic carbocycles. The third-order valence-corrected chi connectivity index (χ3v) is 2.76. The molecule has 0 spiro atoms. The summed E-state index contributed by atoms with van der Waals surface area (Å²) in [5, 5.41) is 13.0. The van der Waals surface area contributed by atoms with Crippen LogP contribution in [0.1, 0.15) is 32.8 Å². The molecule has 1 rings (SSSR count). The first-order valence-electron chi connectivity index (χ1n) is 6.16. The van der Waals surface area contributed by atoms with Gasteiger partial charge in [0.25, 0.3) is 0 Å². The average Bonchev–Trinajstić information content (AvgIpc) is 2.26. The van der Waals surface area contributed by atoms with Crippen molar-refractivity contribution in [3.63, 3.8) is 0 Å². The zero-order valence-corrected chi connectivity index (χ0v) is 11.0. The van der Waals surface area contributed by atoms with Crippen LogP contribution in [0.3, 0.4) is 0 Å². The lowest BCUT2D eigenvalue weighted by molar-refractivity contribution is 0.180. The molecule has 4 N–H and O–H groups in total. The van der Waals surface area contributed by atoms with Crippen molar-refractivity contribution in [3.8, 4) is 0 Å². The van der Waals surface area contributed by atoms with Crippen molar-refractivity contribution in [2.45, 2.75) is 38.7 Å². The van der Waals surface area contributed by atoms with Crippen molar-refractivity contribution in [3.05, 3.63) is 29.8 Å². The summed E-state index contributed by atoms with van der Waals surface area (Å²) in [4.78, 5) is 0. The van der Waals surface area contributed by atoms with Gasteiger partial charge < -0.3 is 16.2 Å². The maximum Gasteiger partial charge on any atom is 0.0724 e. The molecule has 0 aromatic heterocycles. The van der Waals surface area contributed by atoms with Gasteiger partial charge in [-0.15, -0.1) is 0 Å². The van der Waals surface area contributed by atoms with Gasteiger partial charge in [0.2, 0.25) is 0 Å². The third kappa shape index (κ3) is 4.36. The lowest BCUT2D eigenvalue weighted by Gasteiger charge is -2.24. The molecule has 0 amide bonds. The van der Waals surface area contributed by atoms with E-state index in [0.717, 1.165) is 5.69 Å². The van der Waals surface area contributed by atoms with Crippen molar-refractivity contribution in [2.24, 2.45) is 5.73 Å². The number of nitrogens with one attached hydrogen (secondary N) is 1. The predicted molar refractivity (Wildman–Crippen MR) is 73.3 cm³/mol. The third-order valence-electron chi connectivity index (χ3n) is 2.76. The monoisotopic (exact) mass is 236 g/mol. The summed E-state index contributed by atoms with van der Waals surface area (Å²) < 4.78 is 0. The Morgan fingerprint density at radius 1 is 1.29 bits per heavy atom. The van der Waals surface area contributed by atoms with E-state index < -0.39 is 0 Å². The van der Waals surface area contributed by atoms with E-state index in [1.54, 1.807) is 0 Å². The Morgan fingerprint density at radius 3 is 2.53 bits per heavy atom. The fourth-order valence-corrected chi connectivity index (χ4v) is 1.81. The second-order valence-electron chi connectivity index (χ2n) is 5.41. The van der Waals surface area contributed by atoms with Gasteiger partial charge in [-0.1, -0.05) is 39.0 Å². The first-order valence-corrected chi connectivity index (χ1v) is 6.16. The van der Waals surface area contributed by atoms with Crippen LogP contribution in [-0.2, 0) is 5.41 Å². The molecule has 1 unspecified atom stereocenters. The molecule has 17 heavy (non-hydrogen) atoms. The standard InChI is InChI=1S/C14H24N2O/c1-14(2,3)12-6-4-5-7-13(12)16-10-11(17)8-9-15/h4-7,11,16-17H,8-10,15H2,1-3H3. The lowest BCUT2D eigenvalue weighted by atomic mass is 9.86. The van der Waals surface area contributed by atoms with Crippen molar-refractivity contribution in [1.82, 2.24) is 0 Å². The summed E-state index contributed by atoms with van der Waals surface area (Å²) in [6.07, 6.45) is 0.248. The van der Waals surface area contributed by atoms with Gasteiger partial charge in [-0.05, 0) is 30.0 Å². The van der Waals surface area contributed by atoms with Crippen LogP contribution in [0.5, 0.6) is 0 Å². The molecule has 96 valence electrons. The number of para-hydroxylation sites is 1. The summed E-state index contributed by atoms with van der Waals surface area (Å²) in [7, 11) is 0. The van der Waals surface area contributed by atoms with Crippen LogP contribution < -0.4 is 11.1 Å². The lowest BCUT2D eigenvalue weighted by Crippen LogP contribution is -2.24. The molecule has 0 heterocycles. The number of hydrogen-bond donors (Lipinski definition) is 3. The Bertz CT molecular complexity index is 344. The molecule has 1 aromatic carbocycles. The minimum atomic E-state index is -0.381. The molecule has 0 bridgehead atoms. The molecule has 3 heteroatoms. The predicted octanol–water partition coefficient (Wildman–Crippen LogP) is 2.11. The van der Waals surface area contributed by atoms with Crippen LogP contribution in [-0.4, -0.2) is 24.3 Å². The Morgan fingerprint density at radius 2 is 1.94 bits per heavy atom. The second kappa shape index (κ2) is 6.03. The van der Waals surface area contributed by atoms with E-state index in [0.29, 0.717) is 19.5 Å². The summed E-state index contributed by atoms with van der Waals surface area (Å²) in [5.74, 6) is 0. The van der Waals surface area contributed by atoms with Crippen LogP contribution in [0.2, 0.25) is 0 Å². The van der Waals surface area contributed by atoms with Gasteiger partial charge in [0, 0.05) is 12.2 Å². The van der Waals surface area contributed by atoms with Gasteiger partial charge in [-0.2, -0.15) is 0 Å².